The van der Waals surface area contributed by atoms with Gasteiger partial charge >= 0.3 is 6.09 Å². The zero-order valence-corrected chi connectivity index (χ0v) is 10.9. The molecular formula is C14H19NO2. The molecule has 92 valence electrons. The van der Waals surface area contributed by atoms with Crippen molar-refractivity contribution in [1.29, 1.82) is 0 Å². The third-order valence-electron chi connectivity index (χ3n) is 2.94. The molecule has 1 amide bonds. The van der Waals surface area contributed by atoms with Gasteiger partial charge in [-0.25, -0.2) is 4.79 Å². The minimum absolute atomic E-state index is 0.0982. The summed E-state index contributed by atoms with van der Waals surface area (Å²) in [4.78, 5) is 13.8. The molecule has 0 unspecified atom stereocenters. The first-order valence-electron chi connectivity index (χ1n) is 5.96. The lowest BCUT2D eigenvalue weighted by molar-refractivity contribution is 0.0187. The van der Waals surface area contributed by atoms with Gasteiger partial charge in [0, 0.05) is 6.54 Å². The highest BCUT2D eigenvalue weighted by molar-refractivity contribution is 5.70. The lowest BCUT2D eigenvalue weighted by atomic mass is 10.1. The zero-order chi connectivity index (χ0) is 12.6. The normalized spacial score (nSPS) is 19.1. The maximum Gasteiger partial charge on any atom is 0.411 e. The van der Waals surface area contributed by atoms with E-state index >= 15 is 0 Å². The molecule has 3 nitrogen and oxygen atoms in total. The van der Waals surface area contributed by atoms with Gasteiger partial charge in [0.15, 0.2) is 0 Å². The van der Waals surface area contributed by atoms with Crippen LogP contribution in [0.1, 0.15) is 44.9 Å². The van der Waals surface area contributed by atoms with Crippen molar-refractivity contribution in [2.24, 2.45) is 0 Å². The standard InChI is InChI=1S/C14H19NO2/c1-10-12-8-6-5-7-11(12)9-15(10)13(16)17-14(2,3)4/h5-8,10H,9H2,1-4H3/t10-/m0/s1. The first kappa shape index (κ1) is 12.0. The Bertz CT molecular complexity index is 434. The highest BCUT2D eigenvalue weighted by Gasteiger charge is 2.32. The van der Waals surface area contributed by atoms with E-state index in [1.165, 1.54) is 11.1 Å². The molecule has 3 heteroatoms. The summed E-state index contributed by atoms with van der Waals surface area (Å²) in [7, 11) is 0. The fourth-order valence-electron chi connectivity index (χ4n) is 2.12. The predicted molar refractivity (Wildman–Crippen MR) is 66.6 cm³/mol. The molecule has 1 aromatic carbocycles. The summed E-state index contributed by atoms with van der Waals surface area (Å²) in [5.41, 5.74) is 2.00. The second kappa shape index (κ2) is 4.06. The molecule has 0 aliphatic carbocycles. The molecule has 1 aliphatic rings. The van der Waals surface area contributed by atoms with Gasteiger partial charge < -0.3 is 4.74 Å². The van der Waals surface area contributed by atoms with Crippen LogP contribution in [0, 0.1) is 0 Å². The minimum Gasteiger partial charge on any atom is -0.444 e. The average molecular weight is 233 g/mol. The smallest absolute Gasteiger partial charge is 0.411 e. The van der Waals surface area contributed by atoms with Crippen LogP contribution in [0.3, 0.4) is 0 Å². The minimum atomic E-state index is -0.439. The van der Waals surface area contributed by atoms with Crippen LogP contribution in [0.25, 0.3) is 0 Å². The molecule has 0 aromatic heterocycles. The second-order valence-corrected chi connectivity index (χ2v) is 5.48. The summed E-state index contributed by atoms with van der Waals surface area (Å²) >= 11 is 0. The van der Waals surface area contributed by atoms with Gasteiger partial charge in [0.1, 0.15) is 5.60 Å². The second-order valence-electron chi connectivity index (χ2n) is 5.48. The lowest BCUT2D eigenvalue weighted by Gasteiger charge is -2.27. The van der Waals surface area contributed by atoms with Crippen LogP contribution < -0.4 is 0 Å². The SMILES string of the molecule is C[C@H]1c2ccccc2CN1C(=O)OC(C)(C)C. The number of fused-ring (bicyclic) bond motifs is 1. The van der Waals surface area contributed by atoms with E-state index in [0.717, 1.165) is 0 Å². The van der Waals surface area contributed by atoms with E-state index in [0.29, 0.717) is 6.54 Å². The van der Waals surface area contributed by atoms with E-state index in [-0.39, 0.29) is 12.1 Å². The van der Waals surface area contributed by atoms with E-state index in [9.17, 15) is 4.79 Å². The van der Waals surface area contributed by atoms with Crippen molar-refractivity contribution in [3.8, 4) is 0 Å². The van der Waals surface area contributed by atoms with Crippen LogP contribution in [-0.2, 0) is 11.3 Å². The van der Waals surface area contributed by atoms with Crippen LogP contribution in [-0.4, -0.2) is 16.6 Å². The van der Waals surface area contributed by atoms with Crippen molar-refractivity contribution < 1.29 is 9.53 Å². The summed E-state index contributed by atoms with van der Waals surface area (Å²) in [6.07, 6.45) is -0.235. The Balaban J connectivity index is 2.15. The van der Waals surface area contributed by atoms with E-state index in [4.69, 9.17) is 4.74 Å². The summed E-state index contributed by atoms with van der Waals surface area (Å²) in [5.74, 6) is 0. The third-order valence-corrected chi connectivity index (χ3v) is 2.94. The number of carbonyl (C=O) groups is 1. The molecule has 1 aliphatic heterocycles. The zero-order valence-electron chi connectivity index (χ0n) is 10.9. The molecule has 0 bridgehead atoms. The van der Waals surface area contributed by atoms with Crippen molar-refractivity contribution in [2.45, 2.75) is 45.9 Å². The van der Waals surface area contributed by atoms with Crippen LogP contribution in [0.4, 0.5) is 4.79 Å². The third kappa shape index (κ3) is 2.43. The number of nitrogens with zero attached hydrogens (tertiary/aromatic N) is 1. The molecule has 0 saturated carbocycles. The number of ether oxygens (including phenoxy) is 1. The first-order valence-corrected chi connectivity index (χ1v) is 5.96. The Morgan fingerprint density at radius 1 is 1.35 bits per heavy atom. The summed E-state index contributed by atoms with van der Waals surface area (Å²) in [6, 6.07) is 8.25. The van der Waals surface area contributed by atoms with Crippen molar-refractivity contribution in [2.75, 3.05) is 0 Å². The quantitative estimate of drug-likeness (QED) is 0.686. The summed E-state index contributed by atoms with van der Waals surface area (Å²) < 4.78 is 5.41. The Morgan fingerprint density at radius 2 is 2.00 bits per heavy atom. The fourth-order valence-corrected chi connectivity index (χ4v) is 2.12. The molecule has 1 heterocycles. The van der Waals surface area contributed by atoms with Gasteiger partial charge in [0.25, 0.3) is 0 Å². The molecule has 1 aromatic rings. The van der Waals surface area contributed by atoms with Gasteiger partial charge in [-0.15, -0.1) is 0 Å². The van der Waals surface area contributed by atoms with Gasteiger partial charge in [-0.05, 0) is 38.8 Å². The van der Waals surface area contributed by atoms with Crippen molar-refractivity contribution in [3.63, 3.8) is 0 Å². The molecule has 0 saturated heterocycles. The fraction of sp³-hybridized carbons (Fsp3) is 0.500. The largest absolute Gasteiger partial charge is 0.444 e. The van der Waals surface area contributed by atoms with Gasteiger partial charge in [-0.3, -0.25) is 4.90 Å². The van der Waals surface area contributed by atoms with Gasteiger partial charge in [0.05, 0.1) is 6.04 Å². The number of rotatable bonds is 0. The molecular weight excluding hydrogens is 214 g/mol. The number of hydrogen-bond donors (Lipinski definition) is 0. The number of carbonyl (C=O) groups excluding carboxylic acids is 1. The maximum absolute atomic E-state index is 12.0. The van der Waals surface area contributed by atoms with E-state index in [2.05, 4.69) is 12.1 Å². The van der Waals surface area contributed by atoms with Crippen LogP contribution in [0.2, 0.25) is 0 Å². The molecule has 2 rings (SSSR count). The number of benzene rings is 1. The first-order chi connectivity index (χ1) is 7.88. The summed E-state index contributed by atoms with van der Waals surface area (Å²) in [5, 5.41) is 0. The molecule has 1 atom stereocenters. The Hall–Kier alpha value is -1.51. The molecule has 0 N–H and O–H groups in total. The van der Waals surface area contributed by atoms with E-state index in [1.54, 1.807) is 4.90 Å². The van der Waals surface area contributed by atoms with Gasteiger partial charge in [-0.2, -0.15) is 0 Å². The Kier molecular flexibility index (Phi) is 2.86. The van der Waals surface area contributed by atoms with E-state index in [1.807, 2.05) is 39.8 Å². The molecule has 0 spiro atoms. The predicted octanol–water partition coefficient (Wildman–Crippen LogP) is 3.50. The topological polar surface area (TPSA) is 29.5 Å². The van der Waals surface area contributed by atoms with Crippen molar-refractivity contribution in [1.82, 2.24) is 4.90 Å². The Labute approximate surface area is 102 Å². The van der Waals surface area contributed by atoms with Crippen LogP contribution in [0.5, 0.6) is 0 Å². The van der Waals surface area contributed by atoms with Crippen molar-refractivity contribution in [3.05, 3.63) is 35.4 Å². The van der Waals surface area contributed by atoms with Crippen LogP contribution in [0.15, 0.2) is 24.3 Å². The number of hydrogen-bond acceptors (Lipinski definition) is 2. The highest BCUT2D eigenvalue weighted by Crippen LogP contribution is 2.33. The Morgan fingerprint density at radius 3 is 2.59 bits per heavy atom. The average Bonchev–Trinajstić information content (AvgIpc) is 2.55. The van der Waals surface area contributed by atoms with E-state index < -0.39 is 5.60 Å². The maximum atomic E-state index is 12.0. The number of amides is 1. The summed E-state index contributed by atoms with van der Waals surface area (Å²) in [6.45, 7) is 8.35. The van der Waals surface area contributed by atoms with Crippen LogP contribution >= 0.6 is 0 Å². The monoisotopic (exact) mass is 233 g/mol. The molecule has 17 heavy (non-hydrogen) atoms. The highest BCUT2D eigenvalue weighted by atomic mass is 16.6. The van der Waals surface area contributed by atoms with Crippen molar-refractivity contribution >= 4 is 6.09 Å². The molecule has 0 radical (unpaired) electrons. The lowest BCUT2D eigenvalue weighted by Crippen LogP contribution is -2.34. The molecule has 0 fully saturated rings. The van der Waals surface area contributed by atoms with Gasteiger partial charge in [-0.1, -0.05) is 24.3 Å². The van der Waals surface area contributed by atoms with Gasteiger partial charge in [0.2, 0.25) is 0 Å².